The molecule has 0 amide bonds. The summed E-state index contributed by atoms with van der Waals surface area (Å²) in [6, 6.07) is 7.53. The minimum Gasteiger partial charge on any atom is -0.344 e. The lowest BCUT2D eigenvalue weighted by molar-refractivity contribution is -0.117. The van der Waals surface area contributed by atoms with Crippen LogP contribution in [0.1, 0.15) is 40.9 Å². The first kappa shape index (κ1) is 22.8. The first-order chi connectivity index (χ1) is 17.6. The van der Waals surface area contributed by atoms with Crippen LogP contribution in [0.3, 0.4) is 0 Å². The number of Topliss-reactive ketones (excluding diaryl/α,β-unsaturated/α-hetero) is 1. The number of aryl methyl sites for hydroxylation is 2. The molecule has 1 N–H and O–H groups in total. The molecule has 2 aliphatic rings. The number of rotatable bonds is 9. The molecule has 2 fully saturated rings. The van der Waals surface area contributed by atoms with Crippen molar-refractivity contribution < 1.29 is 14.0 Å². The Hall–Kier alpha value is -3.63. The zero-order valence-electron chi connectivity index (χ0n) is 20.2. The average Bonchev–Trinajstić information content (AvgIpc) is 3.32. The molecule has 0 spiro atoms. The number of nitrogens with one attached hydrogen (secondary N) is 1. The zero-order valence-corrected chi connectivity index (χ0v) is 20.2. The number of ketones is 1. The fourth-order valence-electron chi connectivity index (χ4n) is 4.66. The van der Waals surface area contributed by atoms with Gasteiger partial charge in [-0.15, -0.1) is 0 Å². The van der Waals surface area contributed by atoms with Gasteiger partial charge in [-0.3, -0.25) is 9.63 Å². The number of hydrogen-bond donors (Lipinski definition) is 1. The predicted molar refractivity (Wildman–Crippen MR) is 133 cm³/mol. The van der Waals surface area contributed by atoms with Crippen molar-refractivity contribution in [1.29, 1.82) is 0 Å². The van der Waals surface area contributed by atoms with E-state index in [-0.39, 0.29) is 18.2 Å². The van der Waals surface area contributed by atoms with Crippen LogP contribution >= 0.6 is 0 Å². The number of halogens is 1. The molecule has 1 saturated carbocycles. The van der Waals surface area contributed by atoms with E-state index >= 15 is 0 Å². The first-order valence-electron chi connectivity index (χ1n) is 12.4. The van der Waals surface area contributed by atoms with Gasteiger partial charge in [0.1, 0.15) is 6.67 Å². The van der Waals surface area contributed by atoms with Crippen LogP contribution in [-0.2, 0) is 17.9 Å². The van der Waals surface area contributed by atoms with Crippen LogP contribution in [0.2, 0.25) is 0 Å². The SMILES string of the molecule is Cc1nn(-c2ccnc(Nc3ccc4c(c3)c(C(=O)C3CC3)cn4CCF)n2)cc1CN1CCCO1. The van der Waals surface area contributed by atoms with Crippen LogP contribution in [0.4, 0.5) is 16.0 Å². The molecule has 0 atom stereocenters. The highest BCUT2D eigenvalue weighted by molar-refractivity contribution is 6.10. The van der Waals surface area contributed by atoms with Gasteiger partial charge in [-0.2, -0.15) is 15.1 Å². The summed E-state index contributed by atoms with van der Waals surface area (Å²) >= 11 is 0. The summed E-state index contributed by atoms with van der Waals surface area (Å²) < 4.78 is 16.7. The summed E-state index contributed by atoms with van der Waals surface area (Å²) in [6.07, 6.45) is 8.33. The number of carbonyl (C=O) groups is 1. The van der Waals surface area contributed by atoms with E-state index in [2.05, 4.69) is 20.4 Å². The number of benzene rings is 1. The molecule has 1 aromatic carbocycles. The van der Waals surface area contributed by atoms with Crippen LogP contribution in [0.15, 0.2) is 42.9 Å². The van der Waals surface area contributed by atoms with Gasteiger partial charge in [-0.1, -0.05) is 0 Å². The summed E-state index contributed by atoms with van der Waals surface area (Å²) in [5.41, 5.74) is 4.26. The van der Waals surface area contributed by atoms with Crippen LogP contribution in [-0.4, -0.2) is 55.0 Å². The van der Waals surface area contributed by atoms with E-state index < -0.39 is 6.67 Å². The van der Waals surface area contributed by atoms with Crippen molar-refractivity contribution in [2.75, 3.05) is 25.1 Å². The second-order valence-electron chi connectivity index (χ2n) is 9.39. The van der Waals surface area contributed by atoms with Gasteiger partial charge in [-0.25, -0.2) is 14.1 Å². The highest BCUT2D eigenvalue weighted by atomic mass is 19.1. The molecule has 0 bridgehead atoms. The van der Waals surface area contributed by atoms with E-state index in [1.54, 1.807) is 23.1 Å². The molecule has 3 aromatic heterocycles. The molecule has 4 heterocycles. The molecule has 4 aromatic rings. The number of aromatic nitrogens is 5. The van der Waals surface area contributed by atoms with Gasteiger partial charge in [0.25, 0.3) is 0 Å². The normalized spacial score (nSPS) is 16.2. The molecule has 1 saturated heterocycles. The Morgan fingerprint density at radius 3 is 2.92 bits per heavy atom. The van der Waals surface area contributed by atoms with Crippen LogP contribution < -0.4 is 5.32 Å². The monoisotopic (exact) mass is 489 g/mol. The Labute approximate surface area is 207 Å². The minimum atomic E-state index is -0.485. The lowest BCUT2D eigenvalue weighted by Gasteiger charge is -2.12. The van der Waals surface area contributed by atoms with Crippen molar-refractivity contribution in [2.24, 2.45) is 5.92 Å². The van der Waals surface area contributed by atoms with Crippen molar-refractivity contribution in [3.63, 3.8) is 0 Å². The van der Waals surface area contributed by atoms with Crippen LogP contribution in [0, 0.1) is 12.8 Å². The Bertz CT molecular complexity index is 1420. The third-order valence-electron chi connectivity index (χ3n) is 6.72. The lowest BCUT2D eigenvalue weighted by Crippen LogP contribution is -2.17. The van der Waals surface area contributed by atoms with Crippen LogP contribution in [0.5, 0.6) is 0 Å². The van der Waals surface area contributed by atoms with Gasteiger partial charge >= 0.3 is 0 Å². The Morgan fingerprint density at radius 2 is 2.14 bits per heavy atom. The first-order valence-corrected chi connectivity index (χ1v) is 12.4. The maximum atomic E-state index is 13.1. The van der Waals surface area contributed by atoms with Crippen molar-refractivity contribution in [3.05, 3.63) is 59.7 Å². The van der Waals surface area contributed by atoms with Gasteiger partial charge in [0.2, 0.25) is 5.95 Å². The number of hydrogen-bond acceptors (Lipinski definition) is 7. The van der Waals surface area contributed by atoms with Gasteiger partial charge in [0.05, 0.1) is 25.4 Å². The second-order valence-corrected chi connectivity index (χ2v) is 9.39. The predicted octanol–water partition coefficient (Wildman–Crippen LogP) is 4.37. The third-order valence-corrected chi connectivity index (χ3v) is 6.72. The summed E-state index contributed by atoms with van der Waals surface area (Å²) in [5, 5.41) is 10.7. The standard InChI is InChI=1S/C26H28FN7O2/c1-17-19(14-33-10-2-12-36-33)15-34(31-17)24-7-9-28-26(30-24)29-20-5-6-23-21(13-20)22(16-32(23)11-8-27)25(35)18-3-4-18/h5-7,9,13,15-16,18H,2-4,8,10-12,14H2,1H3,(H,28,29,30). The number of fused-ring (bicyclic) bond motifs is 1. The maximum Gasteiger partial charge on any atom is 0.229 e. The van der Waals surface area contributed by atoms with E-state index in [0.717, 1.165) is 60.3 Å². The van der Waals surface area contributed by atoms with E-state index in [1.165, 1.54) is 0 Å². The number of alkyl halides is 1. The summed E-state index contributed by atoms with van der Waals surface area (Å²) in [7, 11) is 0. The zero-order chi connectivity index (χ0) is 24.6. The molecule has 186 valence electrons. The van der Waals surface area contributed by atoms with Crippen molar-refractivity contribution in [1.82, 2.24) is 29.4 Å². The molecule has 36 heavy (non-hydrogen) atoms. The molecule has 1 aliphatic carbocycles. The van der Waals surface area contributed by atoms with E-state index in [0.29, 0.717) is 23.9 Å². The van der Waals surface area contributed by atoms with Crippen LogP contribution in [0.25, 0.3) is 16.7 Å². The molecule has 1 aliphatic heterocycles. The van der Waals surface area contributed by atoms with Gasteiger partial charge < -0.3 is 9.88 Å². The molecule has 9 nitrogen and oxygen atoms in total. The molecular weight excluding hydrogens is 461 g/mol. The van der Waals surface area contributed by atoms with Crippen molar-refractivity contribution >= 4 is 28.3 Å². The fraction of sp³-hybridized carbons (Fsp3) is 0.385. The Balaban J connectivity index is 1.26. The van der Waals surface area contributed by atoms with E-state index in [1.807, 2.05) is 40.9 Å². The third kappa shape index (κ3) is 4.49. The number of carbonyl (C=O) groups excluding carboxylic acids is 1. The summed E-state index contributed by atoms with van der Waals surface area (Å²) in [6.45, 7) is 4.08. The van der Waals surface area contributed by atoms with Crippen molar-refractivity contribution in [2.45, 2.75) is 39.3 Å². The van der Waals surface area contributed by atoms with Gasteiger partial charge in [-0.05, 0) is 44.4 Å². The molecule has 6 rings (SSSR count). The maximum absolute atomic E-state index is 13.1. The highest BCUT2D eigenvalue weighted by Crippen LogP contribution is 2.36. The van der Waals surface area contributed by atoms with Crippen molar-refractivity contribution in [3.8, 4) is 5.82 Å². The topological polar surface area (TPSA) is 90.1 Å². The number of hydroxylamine groups is 2. The molecule has 0 radical (unpaired) electrons. The van der Waals surface area contributed by atoms with Gasteiger partial charge in [0, 0.05) is 64.8 Å². The Kier molecular flexibility index (Phi) is 5.98. The number of nitrogens with zero attached hydrogens (tertiary/aromatic N) is 6. The molecule has 10 heteroatoms. The smallest absolute Gasteiger partial charge is 0.229 e. The van der Waals surface area contributed by atoms with Gasteiger partial charge in [0.15, 0.2) is 11.6 Å². The molecule has 0 unspecified atom stereocenters. The Morgan fingerprint density at radius 1 is 1.25 bits per heavy atom. The quantitative estimate of drug-likeness (QED) is 0.349. The highest BCUT2D eigenvalue weighted by Gasteiger charge is 2.32. The molecular formula is C26H28FN7O2. The second kappa shape index (κ2) is 9.44. The fourth-order valence-corrected chi connectivity index (χ4v) is 4.66. The average molecular weight is 490 g/mol. The summed E-state index contributed by atoms with van der Waals surface area (Å²) in [5.74, 6) is 1.29. The van der Waals surface area contributed by atoms with E-state index in [9.17, 15) is 9.18 Å². The minimum absolute atomic E-state index is 0.0884. The number of anilines is 2. The summed E-state index contributed by atoms with van der Waals surface area (Å²) in [4.78, 5) is 27.5. The largest absolute Gasteiger partial charge is 0.344 e. The van der Waals surface area contributed by atoms with E-state index in [4.69, 9.17) is 4.84 Å². The lowest BCUT2D eigenvalue weighted by atomic mass is 10.1.